The number of carbonyl (C=O) groups is 2. The van der Waals surface area contributed by atoms with Gasteiger partial charge in [-0.05, 0) is 25.2 Å². The Morgan fingerprint density at radius 2 is 1.65 bits per heavy atom. The van der Waals surface area contributed by atoms with E-state index in [0.29, 0.717) is 12.3 Å². The predicted octanol–water partition coefficient (Wildman–Crippen LogP) is 3.58. The van der Waals surface area contributed by atoms with Gasteiger partial charge in [-0.25, -0.2) is 0 Å². The van der Waals surface area contributed by atoms with Crippen molar-refractivity contribution in [2.45, 2.75) is 77.4 Å². The van der Waals surface area contributed by atoms with Gasteiger partial charge < -0.3 is 9.47 Å². The first kappa shape index (κ1) is 15.3. The summed E-state index contributed by atoms with van der Waals surface area (Å²) in [7, 11) is 0. The number of cyclic esters (lactones) is 2. The lowest BCUT2D eigenvalue weighted by atomic mass is 9.79. The van der Waals surface area contributed by atoms with Crippen LogP contribution in [0.5, 0.6) is 0 Å². The Hall–Kier alpha value is -1.06. The quantitative estimate of drug-likeness (QED) is 0.723. The first-order chi connectivity index (χ1) is 9.61. The van der Waals surface area contributed by atoms with Crippen molar-refractivity contribution in [3.63, 3.8) is 0 Å². The van der Waals surface area contributed by atoms with Crippen LogP contribution in [0.4, 0.5) is 0 Å². The Morgan fingerprint density at radius 1 is 1.10 bits per heavy atom. The van der Waals surface area contributed by atoms with Crippen LogP contribution in [0.25, 0.3) is 0 Å². The molecule has 0 N–H and O–H groups in total. The highest BCUT2D eigenvalue weighted by Gasteiger charge is 2.49. The number of rotatable bonds is 5. The van der Waals surface area contributed by atoms with E-state index in [1.807, 2.05) is 6.92 Å². The number of ether oxygens (including phenoxy) is 2. The van der Waals surface area contributed by atoms with Crippen LogP contribution in [0.15, 0.2) is 0 Å². The summed E-state index contributed by atoms with van der Waals surface area (Å²) in [5.74, 6) is -0.955. The molecule has 0 bridgehead atoms. The van der Waals surface area contributed by atoms with Gasteiger partial charge in [-0.3, -0.25) is 9.59 Å². The summed E-state index contributed by atoms with van der Waals surface area (Å²) in [6.07, 6.45) is 7.55. The summed E-state index contributed by atoms with van der Waals surface area (Å²) in [5.41, 5.74) is 0. The van der Waals surface area contributed by atoms with Crippen LogP contribution in [0, 0.1) is 11.8 Å². The van der Waals surface area contributed by atoms with Gasteiger partial charge in [0.05, 0.1) is 12.8 Å². The minimum absolute atomic E-state index is 0.143. The van der Waals surface area contributed by atoms with Gasteiger partial charge in [0.1, 0.15) is 0 Å². The first-order valence-corrected chi connectivity index (χ1v) is 8.05. The molecule has 4 nitrogen and oxygen atoms in total. The van der Waals surface area contributed by atoms with E-state index in [1.165, 1.54) is 12.8 Å². The summed E-state index contributed by atoms with van der Waals surface area (Å²) in [5, 5.41) is 0. The van der Waals surface area contributed by atoms with Gasteiger partial charge >= 0.3 is 11.9 Å². The van der Waals surface area contributed by atoms with E-state index >= 15 is 0 Å². The number of hydrogen-bond acceptors (Lipinski definition) is 4. The average Bonchev–Trinajstić information content (AvgIpc) is 2.90. The molecule has 1 saturated carbocycles. The second kappa shape index (κ2) is 6.59. The lowest BCUT2D eigenvalue weighted by Gasteiger charge is -2.40. The maximum absolute atomic E-state index is 11.9. The fraction of sp³-hybridized carbons (Fsp3) is 0.875. The number of esters is 2. The molecule has 0 aromatic rings. The highest BCUT2D eigenvalue weighted by atomic mass is 16.7. The van der Waals surface area contributed by atoms with Crippen molar-refractivity contribution < 1.29 is 19.1 Å². The highest BCUT2D eigenvalue weighted by Crippen LogP contribution is 2.44. The third-order valence-electron chi connectivity index (χ3n) is 4.73. The Balaban J connectivity index is 2.27. The monoisotopic (exact) mass is 282 g/mol. The van der Waals surface area contributed by atoms with Crippen LogP contribution in [-0.4, -0.2) is 17.7 Å². The van der Waals surface area contributed by atoms with Crippen LogP contribution in [0.2, 0.25) is 0 Å². The highest BCUT2D eigenvalue weighted by molar-refractivity contribution is 5.79. The molecule has 0 aromatic heterocycles. The zero-order valence-corrected chi connectivity index (χ0v) is 12.7. The van der Waals surface area contributed by atoms with Crippen molar-refractivity contribution in [1.82, 2.24) is 0 Å². The Labute approximate surface area is 121 Å². The lowest BCUT2D eigenvalue weighted by Crippen LogP contribution is -2.47. The van der Waals surface area contributed by atoms with E-state index in [4.69, 9.17) is 9.47 Å². The molecule has 1 aliphatic heterocycles. The molecule has 0 amide bonds. The molecule has 1 aliphatic carbocycles. The van der Waals surface area contributed by atoms with Crippen LogP contribution in [0.1, 0.15) is 71.6 Å². The summed E-state index contributed by atoms with van der Waals surface area (Å²) < 4.78 is 11.3. The molecular weight excluding hydrogens is 256 g/mol. The van der Waals surface area contributed by atoms with Crippen molar-refractivity contribution in [1.29, 1.82) is 0 Å². The summed E-state index contributed by atoms with van der Waals surface area (Å²) >= 11 is 0. The molecule has 0 spiro atoms. The fourth-order valence-corrected chi connectivity index (χ4v) is 3.76. The minimum Gasteiger partial charge on any atom is -0.422 e. The summed E-state index contributed by atoms with van der Waals surface area (Å²) in [6.45, 7) is 4.08. The third-order valence-corrected chi connectivity index (χ3v) is 4.73. The Bertz CT molecular complexity index is 339. The molecule has 114 valence electrons. The van der Waals surface area contributed by atoms with Crippen LogP contribution >= 0.6 is 0 Å². The van der Waals surface area contributed by atoms with Gasteiger partial charge in [0.25, 0.3) is 5.79 Å². The Kier molecular flexibility index (Phi) is 5.06. The standard InChI is InChI=1S/C16H26O4/c1-3-7-13(12-8-5-6-9-12)16(4-2)19-14(17)10-11-15(18)20-16/h12-13H,3-11H2,1-2H3. The van der Waals surface area contributed by atoms with E-state index < -0.39 is 5.79 Å². The minimum atomic E-state index is -1.02. The van der Waals surface area contributed by atoms with E-state index in [2.05, 4.69) is 6.92 Å². The lowest BCUT2D eigenvalue weighted by molar-refractivity contribution is -0.251. The van der Waals surface area contributed by atoms with Gasteiger partial charge in [-0.1, -0.05) is 33.1 Å². The van der Waals surface area contributed by atoms with Crippen molar-refractivity contribution in [3.8, 4) is 0 Å². The van der Waals surface area contributed by atoms with Crippen molar-refractivity contribution in [2.24, 2.45) is 11.8 Å². The first-order valence-electron chi connectivity index (χ1n) is 8.05. The second-order valence-corrected chi connectivity index (χ2v) is 6.05. The van der Waals surface area contributed by atoms with Crippen LogP contribution < -0.4 is 0 Å². The number of hydrogen-bond donors (Lipinski definition) is 0. The van der Waals surface area contributed by atoms with Crippen LogP contribution in [-0.2, 0) is 19.1 Å². The second-order valence-electron chi connectivity index (χ2n) is 6.05. The zero-order valence-electron chi connectivity index (χ0n) is 12.7. The van der Waals surface area contributed by atoms with Crippen molar-refractivity contribution in [3.05, 3.63) is 0 Å². The van der Waals surface area contributed by atoms with Gasteiger partial charge in [0, 0.05) is 12.3 Å². The Morgan fingerprint density at radius 3 is 2.10 bits per heavy atom. The fourth-order valence-electron chi connectivity index (χ4n) is 3.76. The third kappa shape index (κ3) is 3.15. The molecule has 2 rings (SSSR count). The molecule has 0 aromatic carbocycles. The molecule has 1 atom stereocenters. The normalized spacial score (nSPS) is 24.9. The summed E-state index contributed by atoms with van der Waals surface area (Å²) in [4.78, 5) is 23.7. The largest absolute Gasteiger partial charge is 0.422 e. The van der Waals surface area contributed by atoms with Crippen LogP contribution in [0.3, 0.4) is 0 Å². The van der Waals surface area contributed by atoms with E-state index in [9.17, 15) is 9.59 Å². The molecule has 2 aliphatic rings. The van der Waals surface area contributed by atoms with Gasteiger partial charge in [0.2, 0.25) is 0 Å². The topological polar surface area (TPSA) is 52.6 Å². The zero-order chi connectivity index (χ0) is 14.6. The summed E-state index contributed by atoms with van der Waals surface area (Å²) in [6, 6.07) is 0. The molecule has 4 heteroatoms. The molecule has 0 radical (unpaired) electrons. The van der Waals surface area contributed by atoms with Crippen molar-refractivity contribution in [2.75, 3.05) is 0 Å². The maximum Gasteiger partial charge on any atom is 0.309 e. The average molecular weight is 282 g/mol. The molecular formula is C16H26O4. The molecule has 1 heterocycles. The SMILES string of the molecule is CCCC(C1CCCC1)C1(CC)OC(=O)CCC(=O)O1. The molecule has 1 saturated heterocycles. The van der Waals surface area contributed by atoms with Gasteiger partial charge in [-0.15, -0.1) is 0 Å². The molecule has 2 fully saturated rings. The van der Waals surface area contributed by atoms with Gasteiger partial charge in [-0.2, -0.15) is 0 Å². The predicted molar refractivity (Wildman–Crippen MR) is 74.8 cm³/mol. The molecule has 1 unspecified atom stereocenters. The molecule has 20 heavy (non-hydrogen) atoms. The van der Waals surface area contributed by atoms with E-state index in [-0.39, 0.29) is 30.7 Å². The van der Waals surface area contributed by atoms with Gasteiger partial charge in [0.15, 0.2) is 0 Å². The number of carbonyl (C=O) groups excluding carboxylic acids is 2. The van der Waals surface area contributed by atoms with E-state index in [1.54, 1.807) is 0 Å². The van der Waals surface area contributed by atoms with E-state index in [0.717, 1.165) is 25.7 Å². The smallest absolute Gasteiger partial charge is 0.309 e. The maximum atomic E-state index is 11.9. The van der Waals surface area contributed by atoms with Crippen molar-refractivity contribution >= 4 is 11.9 Å².